The van der Waals surface area contributed by atoms with Gasteiger partial charge in [0.25, 0.3) is 0 Å². The van der Waals surface area contributed by atoms with E-state index in [9.17, 15) is 28.2 Å². The summed E-state index contributed by atoms with van der Waals surface area (Å²) in [7, 11) is 0. The van der Waals surface area contributed by atoms with Crippen molar-refractivity contribution in [2.24, 2.45) is 34.5 Å². The second-order valence-electron chi connectivity index (χ2n) is 11.2. The highest BCUT2D eigenvalue weighted by Crippen LogP contribution is 2.68. The lowest BCUT2D eigenvalue weighted by Crippen LogP contribution is -2.60. The molecule has 0 saturated heterocycles. The maximum absolute atomic E-state index is 12.7. The number of halogens is 3. The monoisotopic (exact) mass is 431 g/mol. The van der Waals surface area contributed by atoms with Gasteiger partial charge < -0.3 is 15.5 Å². The number of rotatable bonds is 2. The van der Waals surface area contributed by atoms with E-state index in [0.717, 1.165) is 38.5 Å². The topological polar surface area (TPSA) is 69.6 Å². The van der Waals surface area contributed by atoms with Gasteiger partial charge in [-0.1, -0.05) is 13.8 Å². The van der Waals surface area contributed by atoms with Crippen molar-refractivity contribution < 1.29 is 28.2 Å². The van der Waals surface area contributed by atoms with Crippen LogP contribution in [0.5, 0.6) is 0 Å². The molecule has 4 rings (SSSR count). The Morgan fingerprint density at radius 2 is 1.70 bits per heavy atom. The molecule has 3 unspecified atom stereocenters. The molecule has 0 heterocycles. The number of aliphatic hydroxyl groups excluding tert-OH is 1. The van der Waals surface area contributed by atoms with Gasteiger partial charge in [0.15, 0.2) is 0 Å². The summed E-state index contributed by atoms with van der Waals surface area (Å²) >= 11 is 0. The predicted octanol–water partition coefficient (Wildman–Crippen LogP) is 4.19. The van der Waals surface area contributed by atoms with Gasteiger partial charge in [0, 0.05) is 11.5 Å². The van der Waals surface area contributed by atoms with Gasteiger partial charge in [-0.15, -0.1) is 0 Å². The summed E-state index contributed by atoms with van der Waals surface area (Å²) in [5, 5.41) is 23.9. The lowest BCUT2D eigenvalue weighted by Gasteiger charge is -2.62. The highest BCUT2D eigenvalue weighted by Gasteiger charge is 2.65. The summed E-state index contributed by atoms with van der Waals surface area (Å²) in [5.74, 6) is -0.102. The van der Waals surface area contributed by atoms with Crippen LogP contribution in [-0.4, -0.2) is 40.0 Å². The Kier molecular flexibility index (Phi) is 5.29. The van der Waals surface area contributed by atoms with E-state index in [1.54, 1.807) is 6.92 Å². The number of amides is 1. The minimum atomic E-state index is -4.82. The second-order valence-corrected chi connectivity index (χ2v) is 11.2. The van der Waals surface area contributed by atoms with Gasteiger partial charge >= 0.3 is 12.1 Å². The molecule has 9 atom stereocenters. The fraction of sp³-hybridized carbons (Fsp3) is 0.957. The molecule has 4 nitrogen and oxygen atoms in total. The molecule has 4 aliphatic carbocycles. The molecule has 4 aliphatic rings. The minimum Gasteiger partial charge on any atom is -0.390 e. The van der Waals surface area contributed by atoms with E-state index in [-0.39, 0.29) is 10.8 Å². The molecule has 1 amide bonds. The SMILES string of the molecule is C[C@H](O)[C@@]1(O)CCC2C3CC[C@H]4C[C@H](NC(=O)C(F)(F)F)CC[C@]4(C)C3CC[C@@]21C. The Bertz CT molecular complexity index is 698. The zero-order valence-electron chi connectivity index (χ0n) is 18.3. The largest absolute Gasteiger partial charge is 0.471 e. The van der Waals surface area contributed by atoms with Crippen LogP contribution in [0.2, 0.25) is 0 Å². The third-order valence-corrected chi connectivity index (χ3v) is 10.2. The third kappa shape index (κ3) is 3.13. The van der Waals surface area contributed by atoms with Crippen LogP contribution >= 0.6 is 0 Å². The van der Waals surface area contributed by atoms with Crippen molar-refractivity contribution in [3.63, 3.8) is 0 Å². The van der Waals surface area contributed by atoms with Gasteiger partial charge in [-0.3, -0.25) is 4.79 Å². The molecule has 0 aromatic carbocycles. The van der Waals surface area contributed by atoms with Crippen molar-refractivity contribution in [3.8, 4) is 0 Å². The number of aliphatic hydroxyl groups is 2. The van der Waals surface area contributed by atoms with Gasteiger partial charge in [-0.05, 0) is 93.8 Å². The number of nitrogens with one attached hydrogen (secondary N) is 1. The van der Waals surface area contributed by atoms with E-state index in [2.05, 4.69) is 19.2 Å². The summed E-state index contributed by atoms with van der Waals surface area (Å²) in [5.41, 5.74) is -1.22. The fourth-order valence-corrected chi connectivity index (χ4v) is 8.39. The van der Waals surface area contributed by atoms with Gasteiger partial charge in [-0.25, -0.2) is 0 Å². The quantitative estimate of drug-likeness (QED) is 0.614. The average Bonchev–Trinajstić information content (AvgIpc) is 2.94. The number of carbonyl (C=O) groups excluding carboxylic acids is 1. The Morgan fingerprint density at radius 1 is 1.03 bits per heavy atom. The molecular weight excluding hydrogens is 395 g/mol. The summed E-state index contributed by atoms with van der Waals surface area (Å²) in [6, 6.07) is -0.394. The molecule has 0 bridgehead atoms. The van der Waals surface area contributed by atoms with E-state index in [0.29, 0.717) is 42.9 Å². The zero-order valence-corrected chi connectivity index (χ0v) is 18.3. The summed E-state index contributed by atoms with van der Waals surface area (Å²) in [6.45, 7) is 6.18. The van der Waals surface area contributed by atoms with Crippen LogP contribution in [0, 0.1) is 34.5 Å². The molecule has 0 aliphatic heterocycles. The predicted molar refractivity (Wildman–Crippen MR) is 106 cm³/mol. The minimum absolute atomic E-state index is 0.0786. The Hall–Kier alpha value is -0.820. The van der Waals surface area contributed by atoms with E-state index in [1.807, 2.05) is 0 Å². The lowest BCUT2D eigenvalue weighted by molar-refractivity contribution is -0.185. The van der Waals surface area contributed by atoms with E-state index in [1.165, 1.54) is 0 Å². The fourth-order valence-electron chi connectivity index (χ4n) is 8.39. The van der Waals surface area contributed by atoms with Crippen LogP contribution < -0.4 is 5.32 Å². The zero-order chi connectivity index (χ0) is 22.1. The Morgan fingerprint density at radius 3 is 2.33 bits per heavy atom. The van der Waals surface area contributed by atoms with Crippen LogP contribution in [0.4, 0.5) is 13.2 Å². The lowest BCUT2D eigenvalue weighted by atomic mass is 9.44. The van der Waals surface area contributed by atoms with Crippen molar-refractivity contribution >= 4 is 5.91 Å². The molecule has 3 N–H and O–H groups in total. The van der Waals surface area contributed by atoms with Gasteiger partial charge in [0.2, 0.25) is 0 Å². The number of hydrogen-bond donors (Lipinski definition) is 3. The molecule has 30 heavy (non-hydrogen) atoms. The highest BCUT2D eigenvalue weighted by molar-refractivity contribution is 5.81. The van der Waals surface area contributed by atoms with Crippen LogP contribution in [0.3, 0.4) is 0 Å². The first-order chi connectivity index (χ1) is 13.8. The van der Waals surface area contributed by atoms with E-state index >= 15 is 0 Å². The first-order valence-corrected chi connectivity index (χ1v) is 11.6. The molecule has 7 heteroatoms. The average molecular weight is 432 g/mol. The summed E-state index contributed by atoms with van der Waals surface area (Å²) < 4.78 is 38.0. The summed E-state index contributed by atoms with van der Waals surface area (Å²) in [4.78, 5) is 11.4. The van der Waals surface area contributed by atoms with Crippen LogP contribution in [-0.2, 0) is 4.79 Å². The number of alkyl halides is 3. The van der Waals surface area contributed by atoms with Crippen LogP contribution in [0.1, 0.15) is 78.6 Å². The summed E-state index contributed by atoms with van der Waals surface area (Å²) in [6.07, 6.45) is 1.95. The Labute approximate surface area is 177 Å². The van der Waals surface area contributed by atoms with E-state index in [4.69, 9.17) is 0 Å². The van der Waals surface area contributed by atoms with Gasteiger partial charge in [0.05, 0.1) is 11.7 Å². The maximum Gasteiger partial charge on any atom is 0.471 e. The highest BCUT2D eigenvalue weighted by atomic mass is 19.4. The number of carbonyl (C=O) groups is 1. The van der Waals surface area contributed by atoms with Crippen molar-refractivity contribution in [2.45, 2.75) is 102 Å². The number of hydrogen-bond acceptors (Lipinski definition) is 3. The van der Waals surface area contributed by atoms with Crippen LogP contribution in [0.25, 0.3) is 0 Å². The van der Waals surface area contributed by atoms with E-state index < -0.39 is 29.8 Å². The van der Waals surface area contributed by atoms with Gasteiger partial charge in [-0.2, -0.15) is 13.2 Å². The molecule has 0 radical (unpaired) electrons. The van der Waals surface area contributed by atoms with Crippen molar-refractivity contribution in [1.29, 1.82) is 0 Å². The normalized spacial score (nSPS) is 49.5. The molecule has 0 spiro atoms. The molecule has 172 valence electrons. The number of fused-ring (bicyclic) bond motifs is 5. The van der Waals surface area contributed by atoms with Crippen molar-refractivity contribution in [3.05, 3.63) is 0 Å². The molecular formula is C23H36F3NO3. The third-order valence-electron chi connectivity index (χ3n) is 10.2. The molecule has 4 saturated carbocycles. The van der Waals surface area contributed by atoms with Crippen molar-refractivity contribution in [2.75, 3.05) is 0 Å². The standard InChI is InChI=1S/C23H36F3NO3/c1-13(28)22(30)11-8-18-16-5-4-14-12-15(27-19(29)23(24,25)26)6-9-20(14,2)17(16)7-10-21(18,22)3/h13-18,28,30H,4-12H2,1-3H3,(H,27,29)/t13-,14-,15+,16?,17?,18?,20-,21-,22-/m0/s1. The first-order valence-electron chi connectivity index (χ1n) is 11.6. The first kappa shape index (κ1) is 22.4. The van der Waals surface area contributed by atoms with Gasteiger partial charge in [0.1, 0.15) is 0 Å². The molecule has 0 aromatic rings. The maximum atomic E-state index is 12.7. The molecule has 4 fully saturated rings. The smallest absolute Gasteiger partial charge is 0.390 e. The van der Waals surface area contributed by atoms with Crippen LogP contribution in [0.15, 0.2) is 0 Å². The molecule has 0 aromatic heterocycles. The Balaban J connectivity index is 1.50. The van der Waals surface area contributed by atoms with Crippen molar-refractivity contribution in [1.82, 2.24) is 5.32 Å². The second kappa shape index (κ2) is 7.09.